The van der Waals surface area contributed by atoms with Crippen molar-refractivity contribution in [3.05, 3.63) is 32.7 Å². The van der Waals surface area contributed by atoms with E-state index < -0.39 is 17.1 Å². The molecule has 0 amide bonds. The number of hydrogen-bond donors (Lipinski definition) is 2. The Morgan fingerprint density at radius 3 is 2.72 bits per heavy atom. The molecular formula is C22H27FN6O3. The number of halogens is 1. The Balaban J connectivity index is 1.57. The molecule has 10 heteroatoms. The molecule has 2 aliphatic carbocycles. The number of nitrogens with zero attached hydrogens (tertiary/aromatic N) is 4. The number of anilines is 1. The van der Waals surface area contributed by atoms with Crippen LogP contribution in [0.3, 0.4) is 0 Å². The van der Waals surface area contributed by atoms with Crippen LogP contribution in [-0.2, 0) is 0 Å². The molecule has 1 saturated heterocycles. The second-order valence-corrected chi connectivity index (χ2v) is 9.12. The second kappa shape index (κ2) is 7.52. The molecule has 1 unspecified atom stereocenters. The van der Waals surface area contributed by atoms with Crippen molar-refractivity contribution < 1.29 is 9.13 Å². The van der Waals surface area contributed by atoms with Crippen molar-refractivity contribution in [2.24, 2.45) is 5.92 Å². The van der Waals surface area contributed by atoms with Crippen LogP contribution >= 0.6 is 0 Å². The summed E-state index contributed by atoms with van der Waals surface area (Å²) in [5.74, 6) is 5.68. The van der Waals surface area contributed by atoms with Gasteiger partial charge < -0.3 is 20.8 Å². The largest absolute Gasteiger partial charge is 0.492 e. The molecule has 5 rings (SSSR count). The Labute approximate surface area is 184 Å². The highest BCUT2D eigenvalue weighted by atomic mass is 19.1. The maximum absolute atomic E-state index is 15.4. The van der Waals surface area contributed by atoms with Gasteiger partial charge in [-0.3, -0.25) is 9.36 Å². The SMILES string of the molecule is COc1c(N2CCC(C3(NCCC#N)CC3)C2)c(F)cc2c(=O)n(N)c(=O)n(C3CC3)c12. The molecule has 3 fully saturated rings. The van der Waals surface area contributed by atoms with Gasteiger partial charge in [0.05, 0.1) is 18.6 Å². The van der Waals surface area contributed by atoms with Crippen molar-refractivity contribution in [1.29, 1.82) is 5.26 Å². The quantitative estimate of drug-likeness (QED) is 0.489. The van der Waals surface area contributed by atoms with Crippen LogP contribution in [0.2, 0.25) is 0 Å². The molecule has 32 heavy (non-hydrogen) atoms. The molecule has 1 atom stereocenters. The van der Waals surface area contributed by atoms with E-state index in [9.17, 15) is 9.59 Å². The number of hydrogen-bond acceptors (Lipinski definition) is 7. The zero-order valence-electron chi connectivity index (χ0n) is 18.1. The smallest absolute Gasteiger partial charge is 0.350 e. The number of fused-ring (bicyclic) bond motifs is 1. The molecule has 2 heterocycles. The number of nitrogens with one attached hydrogen (secondary N) is 1. The summed E-state index contributed by atoms with van der Waals surface area (Å²) in [6.07, 6.45) is 5.04. The molecule has 0 spiro atoms. The average molecular weight is 442 g/mol. The summed E-state index contributed by atoms with van der Waals surface area (Å²) >= 11 is 0. The Morgan fingerprint density at radius 2 is 2.09 bits per heavy atom. The summed E-state index contributed by atoms with van der Waals surface area (Å²) < 4.78 is 23.1. The fourth-order valence-corrected chi connectivity index (χ4v) is 5.24. The van der Waals surface area contributed by atoms with E-state index in [1.807, 2.05) is 4.90 Å². The molecule has 170 valence electrons. The molecular weight excluding hydrogens is 415 g/mol. The highest BCUT2D eigenvalue weighted by Crippen LogP contribution is 2.49. The molecule has 0 radical (unpaired) electrons. The van der Waals surface area contributed by atoms with Gasteiger partial charge in [-0.05, 0) is 44.1 Å². The van der Waals surface area contributed by atoms with E-state index in [0.29, 0.717) is 47.9 Å². The van der Waals surface area contributed by atoms with Crippen LogP contribution in [0.1, 0.15) is 44.6 Å². The molecule has 3 aliphatic rings. The monoisotopic (exact) mass is 442 g/mol. The highest BCUT2D eigenvalue weighted by molar-refractivity contribution is 5.91. The first-order valence-corrected chi connectivity index (χ1v) is 11.1. The van der Waals surface area contributed by atoms with Crippen LogP contribution in [-0.4, -0.2) is 41.5 Å². The maximum Gasteiger partial charge on any atom is 0.350 e. The maximum atomic E-state index is 15.4. The van der Waals surface area contributed by atoms with Gasteiger partial charge in [0.1, 0.15) is 11.2 Å². The Morgan fingerprint density at radius 1 is 1.34 bits per heavy atom. The van der Waals surface area contributed by atoms with Crippen LogP contribution in [0.5, 0.6) is 5.75 Å². The first-order chi connectivity index (χ1) is 15.4. The zero-order chi connectivity index (χ0) is 22.6. The number of benzene rings is 1. The zero-order valence-corrected chi connectivity index (χ0v) is 18.1. The van der Waals surface area contributed by atoms with Crippen molar-refractivity contribution >= 4 is 16.6 Å². The number of nitriles is 1. The van der Waals surface area contributed by atoms with Gasteiger partial charge in [0.25, 0.3) is 5.56 Å². The molecule has 2 saturated carbocycles. The van der Waals surface area contributed by atoms with Crippen LogP contribution in [0.4, 0.5) is 10.1 Å². The van der Waals surface area contributed by atoms with Gasteiger partial charge in [0.2, 0.25) is 0 Å². The third-order valence-electron chi connectivity index (χ3n) is 7.19. The third-order valence-corrected chi connectivity index (χ3v) is 7.19. The van der Waals surface area contributed by atoms with Crippen molar-refractivity contribution in [2.75, 3.05) is 37.5 Å². The number of ether oxygens (including phenoxy) is 1. The van der Waals surface area contributed by atoms with Gasteiger partial charge in [-0.1, -0.05) is 0 Å². The molecule has 3 N–H and O–H groups in total. The van der Waals surface area contributed by atoms with Gasteiger partial charge in [0, 0.05) is 37.6 Å². The summed E-state index contributed by atoms with van der Waals surface area (Å²) in [6.45, 7) is 1.94. The number of nitrogens with two attached hydrogens (primary N) is 1. The molecule has 1 aliphatic heterocycles. The standard InChI is InChI=1S/C22H27FN6O3/c1-32-19-17-15(20(30)29(25)21(31)28(17)14-3-4-14)11-16(23)18(19)27-10-5-13(12-27)22(6-7-22)26-9-2-8-24/h11,13-14,26H,2-7,9-10,12,25H2,1H3. The van der Waals surface area contributed by atoms with Crippen molar-refractivity contribution in [1.82, 2.24) is 14.6 Å². The van der Waals surface area contributed by atoms with Gasteiger partial charge in [0.15, 0.2) is 11.6 Å². The summed E-state index contributed by atoms with van der Waals surface area (Å²) in [5, 5.41) is 12.4. The van der Waals surface area contributed by atoms with Gasteiger partial charge >= 0.3 is 5.69 Å². The van der Waals surface area contributed by atoms with Crippen LogP contribution in [0.15, 0.2) is 15.7 Å². The third kappa shape index (κ3) is 3.14. The van der Waals surface area contributed by atoms with Crippen molar-refractivity contribution in [2.45, 2.75) is 50.1 Å². The minimum atomic E-state index is -0.733. The highest BCUT2D eigenvalue weighted by Gasteiger charge is 2.51. The number of methoxy groups -OCH3 is 1. The molecule has 2 aromatic rings. The Bertz CT molecular complexity index is 1240. The fourth-order valence-electron chi connectivity index (χ4n) is 5.24. The summed E-state index contributed by atoms with van der Waals surface area (Å²) in [7, 11) is 1.44. The lowest BCUT2D eigenvalue weighted by Gasteiger charge is -2.27. The summed E-state index contributed by atoms with van der Waals surface area (Å²) in [5.41, 5.74) is -0.726. The minimum Gasteiger partial charge on any atom is -0.492 e. The lowest BCUT2D eigenvalue weighted by Crippen LogP contribution is -2.44. The summed E-state index contributed by atoms with van der Waals surface area (Å²) in [4.78, 5) is 27.4. The van der Waals surface area contributed by atoms with Crippen LogP contribution in [0, 0.1) is 23.1 Å². The van der Waals surface area contributed by atoms with Gasteiger partial charge in [-0.15, -0.1) is 0 Å². The molecule has 1 aromatic carbocycles. The minimum absolute atomic E-state index is 0.00947. The Hall–Kier alpha value is -3.06. The normalized spacial score (nSPS) is 21.7. The van der Waals surface area contributed by atoms with Crippen molar-refractivity contribution in [3.8, 4) is 11.8 Å². The van der Waals surface area contributed by atoms with E-state index in [4.69, 9.17) is 15.8 Å². The number of aromatic nitrogens is 2. The second-order valence-electron chi connectivity index (χ2n) is 9.12. The first kappa shape index (κ1) is 20.8. The summed E-state index contributed by atoms with van der Waals surface area (Å²) in [6, 6.07) is 3.27. The van der Waals surface area contributed by atoms with Crippen molar-refractivity contribution in [3.63, 3.8) is 0 Å². The number of rotatable bonds is 7. The topological polar surface area (TPSA) is 118 Å². The van der Waals surface area contributed by atoms with Crippen LogP contribution < -0.4 is 32.0 Å². The van der Waals surface area contributed by atoms with E-state index in [2.05, 4.69) is 11.4 Å². The van der Waals surface area contributed by atoms with E-state index in [-0.39, 0.29) is 22.7 Å². The first-order valence-electron chi connectivity index (χ1n) is 11.1. The lowest BCUT2D eigenvalue weighted by molar-refractivity contribution is 0.359. The molecule has 0 bridgehead atoms. The van der Waals surface area contributed by atoms with Crippen LogP contribution in [0.25, 0.3) is 10.9 Å². The average Bonchev–Trinajstić information content (AvgIpc) is 3.71. The fraction of sp³-hybridized carbons (Fsp3) is 0.591. The number of nitrogen functional groups attached to an aromatic ring is 1. The Kier molecular flexibility index (Phi) is 4.89. The molecule has 1 aromatic heterocycles. The lowest BCUT2D eigenvalue weighted by atomic mass is 9.96. The van der Waals surface area contributed by atoms with E-state index >= 15 is 4.39 Å². The van der Waals surface area contributed by atoms with E-state index in [0.717, 1.165) is 32.1 Å². The predicted octanol–water partition coefficient (Wildman–Crippen LogP) is 1.22. The van der Waals surface area contributed by atoms with E-state index in [1.54, 1.807) is 0 Å². The predicted molar refractivity (Wildman–Crippen MR) is 118 cm³/mol. The van der Waals surface area contributed by atoms with E-state index in [1.165, 1.54) is 17.7 Å². The molecule has 9 nitrogen and oxygen atoms in total. The van der Waals surface area contributed by atoms with Gasteiger partial charge in [-0.25, -0.2) is 9.18 Å². The van der Waals surface area contributed by atoms with Gasteiger partial charge in [-0.2, -0.15) is 9.94 Å².